The highest BCUT2D eigenvalue weighted by atomic mass is 79.9. The first-order valence-electron chi connectivity index (χ1n) is 4.28. The first-order chi connectivity index (χ1) is 5.27. The quantitative estimate of drug-likeness (QED) is 0.391. The second-order valence-corrected chi connectivity index (χ2v) is 4.14. The summed E-state index contributed by atoms with van der Waals surface area (Å²) in [4.78, 5) is 3.03. The summed E-state index contributed by atoms with van der Waals surface area (Å²) >= 11 is 3.67. The predicted octanol–water partition coefficient (Wildman–Crippen LogP) is 2.63. The molecule has 1 heterocycles. The number of hydrogen-bond acceptors (Lipinski definition) is 1. The van der Waals surface area contributed by atoms with Crippen LogP contribution < -0.4 is 0 Å². The van der Waals surface area contributed by atoms with Crippen molar-refractivity contribution in [2.24, 2.45) is 5.92 Å². The molecule has 1 saturated heterocycles. The molecule has 0 aliphatic carbocycles. The molecule has 0 aromatic carbocycles. The number of hydrogen-bond donors (Lipinski definition) is 0. The topological polar surface area (TPSA) is 3.24 Å². The molecule has 1 fully saturated rings. The van der Waals surface area contributed by atoms with Crippen molar-refractivity contribution in [1.82, 2.24) is 4.90 Å². The van der Waals surface area contributed by atoms with Crippen molar-refractivity contribution in [2.75, 3.05) is 13.1 Å². The summed E-state index contributed by atoms with van der Waals surface area (Å²) < 4.78 is 0. The molecule has 11 heavy (non-hydrogen) atoms. The van der Waals surface area contributed by atoms with Crippen LogP contribution in [-0.4, -0.2) is 22.9 Å². The maximum absolute atomic E-state index is 3.83. The van der Waals surface area contributed by atoms with E-state index in [1.165, 1.54) is 19.4 Å². The van der Waals surface area contributed by atoms with Crippen molar-refractivity contribution in [1.29, 1.82) is 0 Å². The molecule has 1 nitrogen and oxygen atoms in total. The lowest BCUT2D eigenvalue weighted by Gasteiger charge is -2.34. The molecule has 2 unspecified atom stereocenters. The van der Waals surface area contributed by atoms with Gasteiger partial charge in [-0.05, 0) is 31.8 Å². The molecule has 1 aliphatic rings. The van der Waals surface area contributed by atoms with Crippen LogP contribution in [0.4, 0.5) is 0 Å². The Bertz CT molecular complexity index is 136. The van der Waals surface area contributed by atoms with Gasteiger partial charge in [0, 0.05) is 0 Å². The molecule has 0 spiro atoms. The highest BCUT2D eigenvalue weighted by molar-refractivity contribution is 9.09. The number of likely N-dealkylation sites (tertiary alicyclic amines) is 1. The van der Waals surface area contributed by atoms with Crippen LogP contribution in [0.15, 0.2) is 12.7 Å². The van der Waals surface area contributed by atoms with Gasteiger partial charge in [-0.15, -0.1) is 6.58 Å². The summed E-state index contributed by atoms with van der Waals surface area (Å²) in [6.45, 7) is 8.41. The van der Waals surface area contributed by atoms with Gasteiger partial charge in [-0.25, -0.2) is 0 Å². The van der Waals surface area contributed by atoms with Gasteiger partial charge in [0.05, 0.1) is 4.95 Å². The summed E-state index contributed by atoms with van der Waals surface area (Å²) in [6, 6.07) is 0. The lowest BCUT2D eigenvalue weighted by molar-refractivity contribution is 0.195. The Balaban J connectivity index is 2.40. The van der Waals surface area contributed by atoms with Crippen molar-refractivity contribution in [3.63, 3.8) is 0 Å². The van der Waals surface area contributed by atoms with E-state index in [-0.39, 0.29) is 0 Å². The molecule has 0 bridgehead atoms. The molecule has 1 aliphatic heterocycles. The van der Waals surface area contributed by atoms with Crippen molar-refractivity contribution >= 4 is 15.9 Å². The fraction of sp³-hybridized carbons (Fsp3) is 0.778. The number of piperidine rings is 1. The van der Waals surface area contributed by atoms with E-state index in [1.807, 2.05) is 0 Å². The number of allylic oxidation sites excluding steroid dienone is 1. The summed E-state index contributed by atoms with van der Waals surface area (Å²) in [5.74, 6) is 0.724. The van der Waals surface area contributed by atoms with E-state index in [1.54, 1.807) is 0 Å². The summed E-state index contributed by atoms with van der Waals surface area (Å²) in [5, 5.41) is 0. The zero-order valence-electron chi connectivity index (χ0n) is 7.09. The minimum Gasteiger partial charge on any atom is -0.291 e. The van der Waals surface area contributed by atoms with Crippen molar-refractivity contribution in [2.45, 2.75) is 24.7 Å². The molecule has 2 heteroatoms. The van der Waals surface area contributed by atoms with Gasteiger partial charge in [-0.3, -0.25) is 4.90 Å². The minimum atomic E-state index is 0.573. The third-order valence-electron chi connectivity index (χ3n) is 2.42. The van der Waals surface area contributed by atoms with Gasteiger partial charge in [0.15, 0.2) is 0 Å². The molecular formula is C9H16BrN. The maximum Gasteiger partial charge on any atom is 0.0661 e. The Morgan fingerprint density at radius 2 is 2.45 bits per heavy atom. The minimum absolute atomic E-state index is 0.573. The lowest BCUT2D eigenvalue weighted by Crippen LogP contribution is -2.38. The number of nitrogens with zero attached hydrogens (tertiary/aromatic N) is 1. The molecule has 0 amide bonds. The molecule has 0 saturated carbocycles. The SMILES string of the molecule is C=CC1CCN(CC)C(Br)C1. The molecule has 0 radical (unpaired) electrons. The third-order valence-corrected chi connectivity index (χ3v) is 3.37. The van der Waals surface area contributed by atoms with Gasteiger partial charge in [0.1, 0.15) is 0 Å². The fourth-order valence-electron chi connectivity index (χ4n) is 1.56. The molecule has 1 rings (SSSR count). The standard InChI is InChI=1S/C9H16BrN/c1-3-8-5-6-11(4-2)9(10)7-8/h3,8-9H,1,4-7H2,2H3. The summed E-state index contributed by atoms with van der Waals surface area (Å²) in [6.07, 6.45) is 4.58. The lowest BCUT2D eigenvalue weighted by atomic mass is 9.97. The Hall–Kier alpha value is 0.180. The number of alkyl halides is 1. The van der Waals surface area contributed by atoms with E-state index in [0.717, 1.165) is 12.5 Å². The van der Waals surface area contributed by atoms with Crippen molar-refractivity contribution < 1.29 is 0 Å². The van der Waals surface area contributed by atoms with Crippen LogP contribution in [0.2, 0.25) is 0 Å². The highest BCUT2D eigenvalue weighted by Gasteiger charge is 2.23. The van der Waals surface area contributed by atoms with Crippen molar-refractivity contribution in [3.05, 3.63) is 12.7 Å². The van der Waals surface area contributed by atoms with Crippen LogP contribution >= 0.6 is 15.9 Å². The molecule has 0 aromatic heterocycles. The average Bonchev–Trinajstić information content (AvgIpc) is 2.04. The van der Waals surface area contributed by atoms with Gasteiger partial charge in [0.25, 0.3) is 0 Å². The third kappa shape index (κ3) is 2.31. The van der Waals surface area contributed by atoms with Gasteiger partial charge >= 0.3 is 0 Å². The van der Waals surface area contributed by atoms with Crippen molar-refractivity contribution in [3.8, 4) is 0 Å². The van der Waals surface area contributed by atoms with Gasteiger partial charge in [-0.1, -0.05) is 28.9 Å². The summed E-state index contributed by atoms with van der Waals surface area (Å²) in [5.41, 5.74) is 0. The zero-order valence-corrected chi connectivity index (χ0v) is 8.68. The van der Waals surface area contributed by atoms with Gasteiger partial charge in [0.2, 0.25) is 0 Å². The highest BCUT2D eigenvalue weighted by Crippen LogP contribution is 2.26. The number of halogens is 1. The van der Waals surface area contributed by atoms with E-state index < -0.39 is 0 Å². The zero-order chi connectivity index (χ0) is 8.27. The second-order valence-electron chi connectivity index (χ2n) is 3.08. The van der Waals surface area contributed by atoms with Crippen LogP contribution in [0.1, 0.15) is 19.8 Å². The van der Waals surface area contributed by atoms with Crippen LogP contribution in [0.25, 0.3) is 0 Å². The van der Waals surface area contributed by atoms with Crippen LogP contribution in [0.3, 0.4) is 0 Å². The van der Waals surface area contributed by atoms with Gasteiger partial charge in [-0.2, -0.15) is 0 Å². The smallest absolute Gasteiger partial charge is 0.0661 e. The Kier molecular flexibility index (Phi) is 3.60. The predicted molar refractivity (Wildman–Crippen MR) is 52.9 cm³/mol. The Morgan fingerprint density at radius 3 is 2.91 bits per heavy atom. The van der Waals surface area contributed by atoms with Crippen LogP contribution in [0.5, 0.6) is 0 Å². The van der Waals surface area contributed by atoms with E-state index >= 15 is 0 Å². The van der Waals surface area contributed by atoms with Gasteiger partial charge < -0.3 is 0 Å². The molecule has 0 aromatic rings. The van der Waals surface area contributed by atoms with Crippen LogP contribution in [-0.2, 0) is 0 Å². The first-order valence-corrected chi connectivity index (χ1v) is 5.20. The molecule has 64 valence electrons. The van der Waals surface area contributed by atoms with E-state index in [9.17, 15) is 0 Å². The Morgan fingerprint density at radius 1 is 1.73 bits per heavy atom. The van der Waals surface area contributed by atoms with E-state index in [2.05, 4.69) is 40.4 Å². The molecule has 0 N–H and O–H groups in total. The fourth-order valence-corrected chi connectivity index (χ4v) is 2.53. The largest absolute Gasteiger partial charge is 0.291 e. The average molecular weight is 218 g/mol. The van der Waals surface area contributed by atoms with Crippen LogP contribution in [0, 0.1) is 5.92 Å². The normalized spacial score (nSPS) is 33.6. The first kappa shape index (κ1) is 9.27. The Labute approximate surface area is 77.6 Å². The monoisotopic (exact) mass is 217 g/mol. The number of rotatable bonds is 2. The molecule has 2 atom stereocenters. The molecular weight excluding hydrogens is 202 g/mol. The second kappa shape index (κ2) is 4.27. The maximum atomic E-state index is 3.83. The summed E-state index contributed by atoms with van der Waals surface area (Å²) in [7, 11) is 0. The van der Waals surface area contributed by atoms with E-state index in [4.69, 9.17) is 0 Å². The van der Waals surface area contributed by atoms with E-state index in [0.29, 0.717) is 4.95 Å².